The number of carbonyl (C=O) groups excluding carboxylic acids is 2. The van der Waals surface area contributed by atoms with Crippen LogP contribution in [0.25, 0.3) is 11.0 Å². The van der Waals surface area contributed by atoms with Gasteiger partial charge in [-0.3, -0.25) is 34.3 Å². The molecule has 2 N–H and O–H groups in total. The number of rotatable bonds is 9. The molecule has 292 valence electrons. The average molecular weight is 766 g/mol. The molecule has 7 rings (SSSR count). The molecule has 0 spiro atoms. The van der Waals surface area contributed by atoms with E-state index in [4.69, 9.17) is 0 Å². The molecule has 3 aliphatic heterocycles. The Bertz CT molecular complexity index is 2050. The molecule has 5 heterocycles. The number of hydrogen-bond acceptors (Lipinski definition) is 10. The molecule has 55 heavy (non-hydrogen) atoms. The molecule has 4 aromatic rings. The largest absolute Gasteiger partial charge is 0.351 e. The van der Waals surface area contributed by atoms with Gasteiger partial charge in [-0.15, -0.1) is 0 Å². The third-order valence-electron chi connectivity index (χ3n) is 10.7. The number of imide groups is 1. The van der Waals surface area contributed by atoms with Gasteiger partial charge in [0, 0.05) is 80.8 Å². The first-order chi connectivity index (χ1) is 26.6. The van der Waals surface area contributed by atoms with E-state index in [-0.39, 0.29) is 23.9 Å². The van der Waals surface area contributed by atoms with E-state index >= 15 is 0 Å². The van der Waals surface area contributed by atoms with Crippen LogP contribution in [0.3, 0.4) is 0 Å². The van der Waals surface area contributed by atoms with Gasteiger partial charge in [0.2, 0.25) is 11.9 Å². The first-order valence-electron chi connectivity index (χ1n) is 19.7. The van der Waals surface area contributed by atoms with Gasteiger partial charge >= 0.3 is 6.03 Å². The quantitative estimate of drug-likeness (QED) is 0.108. The van der Waals surface area contributed by atoms with Crippen molar-refractivity contribution in [2.45, 2.75) is 89.1 Å². The third-order valence-corrected chi connectivity index (χ3v) is 11.8. The molecule has 3 aliphatic rings. The van der Waals surface area contributed by atoms with Crippen LogP contribution in [0, 0.1) is 6.92 Å². The van der Waals surface area contributed by atoms with Crippen molar-refractivity contribution in [2.75, 3.05) is 45.1 Å². The zero-order valence-electron chi connectivity index (χ0n) is 32.9. The molecule has 3 amide bonds. The fourth-order valence-corrected chi connectivity index (χ4v) is 8.40. The average Bonchev–Trinajstić information content (AvgIpc) is 3.19. The number of nitrogens with zero attached hydrogens (tertiary/aromatic N) is 7. The molecular weight excluding hydrogens is 711 g/mol. The number of fused-ring (bicyclic) bond motifs is 1. The number of pyridine rings is 1. The van der Waals surface area contributed by atoms with E-state index in [1.807, 2.05) is 11.9 Å². The van der Waals surface area contributed by atoms with Crippen LogP contribution in [0.1, 0.15) is 87.0 Å². The first kappa shape index (κ1) is 40.1. The van der Waals surface area contributed by atoms with E-state index in [2.05, 4.69) is 98.0 Å². The molecule has 3 fully saturated rings. The molecular formula is C42H55N9O3S. The second-order valence-corrected chi connectivity index (χ2v) is 15.9. The Labute approximate surface area is 328 Å². The standard InChI is InChI=1S/C38H45N9O3S.C4H10/c1-25-21-28(7-9-32(25)36(39-2)47-20-15-33(48)42-38(47)50)27-11-16-45(17-12-27)24-26-5-4-6-31(22-26)51-46-18-13-30(14-19-46)41-37-40-23-29-8-10-34(49)44(3)35(29)43-37;1-3-4-2/h4-10,21-23,27,30H,11-20,24H2,1-3H3,(H,40,41,43)(H,42,48,50);3-4H2,1-2H3. The number of unbranched alkanes of at least 4 members (excludes halogenated alkanes) is 1. The predicted octanol–water partition coefficient (Wildman–Crippen LogP) is 6.72. The lowest BCUT2D eigenvalue weighted by Crippen LogP contribution is -2.52. The number of aryl methyl sites for hydroxylation is 2. The van der Waals surface area contributed by atoms with Crippen molar-refractivity contribution >= 4 is 46.7 Å². The van der Waals surface area contributed by atoms with E-state index in [1.54, 1.807) is 41.9 Å². The monoisotopic (exact) mass is 765 g/mol. The molecule has 2 aromatic carbocycles. The van der Waals surface area contributed by atoms with Crippen LogP contribution in [0.4, 0.5) is 10.7 Å². The van der Waals surface area contributed by atoms with E-state index in [9.17, 15) is 14.4 Å². The van der Waals surface area contributed by atoms with E-state index in [0.29, 0.717) is 29.9 Å². The zero-order chi connectivity index (χ0) is 38.9. The number of anilines is 1. The number of aromatic nitrogens is 3. The number of amides is 3. The van der Waals surface area contributed by atoms with Gasteiger partial charge in [-0.2, -0.15) is 4.98 Å². The summed E-state index contributed by atoms with van der Waals surface area (Å²) in [4.78, 5) is 55.1. The molecule has 2 aromatic heterocycles. The third kappa shape index (κ3) is 10.2. The summed E-state index contributed by atoms with van der Waals surface area (Å²) in [5.74, 6) is 1.42. The van der Waals surface area contributed by atoms with Gasteiger partial charge in [-0.25, -0.2) is 14.1 Å². The predicted molar refractivity (Wildman–Crippen MR) is 222 cm³/mol. The molecule has 0 atom stereocenters. The molecule has 0 bridgehead atoms. The summed E-state index contributed by atoms with van der Waals surface area (Å²) < 4.78 is 4.00. The summed E-state index contributed by atoms with van der Waals surface area (Å²) >= 11 is 1.84. The normalized spacial score (nSPS) is 17.9. The van der Waals surface area contributed by atoms with Crippen molar-refractivity contribution in [1.29, 1.82) is 0 Å². The number of carbonyl (C=O) groups is 2. The summed E-state index contributed by atoms with van der Waals surface area (Å²) in [6.07, 6.45) is 8.87. The van der Waals surface area contributed by atoms with Crippen molar-refractivity contribution in [3.05, 3.63) is 93.4 Å². The lowest BCUT2D eigenvalue weighted by Gasteiger charge is -2.33. The SMILES string of the molecule is CCCC.CN=C(c1ccc(C2CCN(Cc3cccc(SN4CCC(Nc5ncc6ccc(=O)n(C)c6n5)CC4)c3)CC2)cc1C)N1CCC(=O)NC1=O. The maximum Gasteiger partial charge on any atom is 0.329 e. The van der Waals surface area contributed by atoms with E-state index < -0.39 is 6.03 Å². The number of hydrogen-bond donors (Lipinski definition) is 2. The van der Waals surface area contributed by atoms with Gasteiger partial charge in [-0.05, 0) is 98.5 Å². The minimum Gasteiger partial charge on any atom is -0.351 e. The summed E-state index contributed by atoms with van der Waals surface area (Å²) in [6, 6.07) is 18.6. The van der Waals surface area contributed by atoms with Crippen molar-refractivity contribution < 1.29 is 9.59 Å². The highest BCUT2D eigenvalue weighted by molar-refractivity contribution is 7.97. The summed E-state index contributed by atoms with van der Waals surface area (Å²) in [6.45, 7) is 11.7. The molecule has 3 saturated heterocycles. The molecule has 13 heteroatoms. The summed E-state index contributed by atoms with van der Waals surface area (Å²) in [5, 5.41) is 6.74. The van der Waals surface area contributed by atoms with Gasteiger partial charge in [0.05, 0.1) is 0 Å². The zero-order valence-corrected chi connectivity index (χ0v) is 33.7. The Kier molecular flexibility index (Phi) is 13.7. The van der Waals surface area contributed by atoms with Crippen molar-refractivity contribution in [2.24, 2.45) is 12.0 Å². The summed E-state index contributed by atoms with van der Waals surface area (Å²) in [7, 11) is 3.43. The van der Waals surface area contributed by atoms with Crippen LogP contribution < -0.4 is 16.2 Å². The minimum absolute atomic E-state index is 0.0777. The van der Waals surface area contributed by atoms with E-state index in [0.717, 1.165) is 74.9 Å². The van der Waals surface area contributed by atoms with Gasteiger partial charge in [0.25, 0.3) is 5.56 Å². The highest BCUT2D eigenvalue weighted by atomic mass is 32.2. The van der Waals surface area contributed by atoms with Crippen molar-refractivity contribution in [3.63, 3.8) is 0 Å². The number of benzene rings is 2. The summed E-state index contributed by atoms with van der Waals surface area (Å²) in [5.41, 5.74) is 5.25. The lowest BCUT2D eigenvalue weighted by molar-refractivity contribution is -0.121. The Hall–Kier alpha value is -4.59. The van der Waals surface area contributed by atoms with Crippen LogP contribution in [0.5, 0.6) is 0 Å². The van der Waals surface area contributed by atoms with Gasteiger partial charge in [0.1, 0.15) is 11.5 Å². The van der Waals surface area contributed by atoms with Gasteiger partial charge < -0.3 is 5.32 Å². The van der Waals surface area contributed by atoms with Crippen LogP contribution in [0.15, 0.2) is 75.5 Å². The number of nitrogens with one attached hydrogen (secondary N) is 2. The maximum absolute atomic E-state index is 12.5. The Morgan fingerprint density at radius 2 is 1.71 bits per heavy atom. The molecule has 0 radical (unpaired) electrons. The number of piperidine rings is 2. The number of amidine groups is 1. The number of aliphatic imine (C=N–C) groups is 1. The Morgan fingerprint density at radius 3 is 2.40 bits per heavy atom. The van der Waals surface area contributed by atoms with Crippen molar-refractivity contribution in [1.82, 2.24) is 34.0 Å². The fourth-order valence-electron chi connectivity index (χ4n) is 7.37. The van der Waals surface area contributed by atoms with Crippen LogP contribution in [-0.4, -0.2) is 92.2 Å². The molecule has 0 saturated carbocycles. The topological polar surface area (TPSA) is 128 Å². The Morgan fingerprint density at radius 1 is 0.945 bits per heavy atom. The number of urea groups is 1. The van der Waals surface area contributed by atoms with Crippen LogP contribution in [-0.2, 0) is 18.4 Å². The first-order valence-corrected chi connectivity index (χ1v) is 20.5. The van der Waals surface area contributed by atoms with Crippen LogP contribution >= 0.6 is 11.9 Å². The Balaban J connectivity index is 0.00000123. The second-order valence-electron chi connectivity index (χ2n) is 14.7. The maximum atomic E-state index is 12.5. The smallest absolute Gasteiger partial charge is 0.329 e. The molecule has 0 aliphatic carbocycles. The van der Waals surface area contributed by atoms with E-state index in [1.165, 1.54) is 28.9 Å². The second kappa shape index (κ2) is 18.8. The highest BCUT2D eigenvalue weighted by Gasteiger charge is 2.29. The van der Waals surface area contributed by atoms with Crippen LogP contribution in [0.2, 0.25) is 0 Å². The molecule has 0 unspecified atom stereocenters. The lowest BCUT2D eigenvalue weighted by atomic mass is 9.87. The minimum atomic E-state index is -0.411. The van der Waals surface area contributed by atoms with Gasteiger partial charge in [0.15, 0.2) is 0 Å². The molecule has 12 nitrogen and oxygen atoms in total. The van der Waals surface area contributed by atoms with Crippen molar-refractivity contribution in [3.8, 4) is 0 Å². The number of likely N-dealkylation sites (tertiary alicyclic amines) is 1. The fraction of sp³-hybridized carbons (Fsp3) is 0.476. The van der Waals surface area contributed by atoms with Gasteiger partial charge in [-0.1, -0.05) is 57.0 Å². The highest BCUT2D eigenvalue weighted by Crippen LogP contribution is 2.32.